The Bertz CT molecular complexity index is 545. The van der Waals surface area contributed by atoms with Crippen LogP contribution < -0.4 is 15.2 Å². The highest BCUT2D eigenvalue weighted by Crippen LogP contribution is 2.39. The molecule has 1 atom stereocenters. The Kier molecular flexibility index (Phi) is 4.64. The standard InChI is InChI=1S/C15H20ClNO4/c1-15(2)7-20-12-5-9(11(17)3-4-14(18)19)10(16)6-13(12)21-8-15/h5-6,11H,3-4,7-8,17H2,1-2H3,(H,18,19). The maximum atomic E-state index is 10.6. The molecule has 0 saturated heterocycles. The number of carbonyl (C=O) groups is 1. The summed E-state index contributed by atoms with van der Waals surface area (Å²) in [5.74, 6) is 0.322. The molecule has 21 heavy (non-hydrogen) atoms. The van der Waals surface area contributed by atoms with Gasteiger partial charge in [-0.1, -0.05) is 25.4 Å². The van der Waals surface area contributed by atoms with E-state index in [0.29, 0.717) is 41.7 Å². The molecule has 0 bridgehead atoms. The van der Waals surface area contributed by atoms with Gasteiger partial charge in [-0.25, -0.2) is 0 Å². The van der Waals surface area contributed by atoms with Gasteiger partial charge in [0.25, 0.3) is 0 Å². The van der Waals surface area contributed by atoms with Crippen molar-refractivity contribution in [2.45, 2.75) is 32.7 Å². The van der Waals surface area contributed by atoms with Crippen molar-refractivity contribution in [1.82, 2.24) is 0 Å². The zero-order valence-electron chi connectivity index (χ0n) is 12.2. The number of rotatable bonds is 4. The first-order valence-electron chi connectivity index (χ1n) is 6.85. The van der Waals surface area contributed by atoms with Gasteiger partial charge in [-0.3, -0.25) is 4.79 Å². The fourth-order valence-electron chi connectivity index (χ4n) is 2.08. The molecular formula is C15H20ClNO4. The van der Waals surface area contributed by atoms with Crippen molar-refractivity contribution in [2.24, 2.45) is 11.1 Å². The number of hydrogen-bond acceptors (Lipinski definition) is 4. The molecule has 0 spiro atoms. The highest BCUT2D eigenvalue weighted by Gasteiger charge is 2.26. The van der Waals surface area contributed by atoms with Crippen molar-refractivity contribution in [3.05, 3.63) is 22.7 Å². The predicted octanol–water partition coefficient (Wildman–Crippen LogP) is 3.00. The summed E-state index contributed by atoms with van der Waals surface area (Å²) in [4.78, 5) is 10.6. The molecule has 0 saturated carbocycles. The lowest BCUT2D eigenvalue weighted by Gasteiger charge is -2.19. The summed E-state index contributed by atoms with van der Waals surface area (Å²) >= 11 is 6.23. The monoisotopic (exact) mass is 313 g/mol. The minimum Gasteiger partial charge on any atom is -0.489 e. The molecule has 5 nitrogen and oxygen atoms in total. The molecular weight excluding hydrogens is 294 g/mol. The van der Waals surface area contributed by atoms with E-state index in [2.05, 4.69) is 13.8 Å². The van der Waals surface area contributed by atoms with Gasteiger partial charge in [0.15, 0.2) is 11.5 Å². The van der Waals surface area contributed by atoms with Gasteiger partial charge in [-0.05, 0) is 18.1 Å². The van der Waals surface area contributed by atoms with Gasteiger partial charge in [0.05, 0.1) is 13.2 Å². The number of carboxylic acids is 1. The Morgan fingerprint density at radius 1 is 1.38 bits per heavy atom. The molecule has 2 rings (SSSR count). The van der Waals surface area contributed by atoms with Crippen molar-refractivity contribution in [2.75, 3.05) is 13.2 Å². The van der Waals surface area contributed by atoms with Crippen LogP contribution in [-0.2, 0) is 4.79 Å². The summed E-state index contributed by atoms with van der Waals surface area (Å²) in [6, 6.07) is 3.00. The van der Waals surface area contributed by atoms with E-state index in [4.69, 9.17) is 31.9 Å². The Labute approximate surface area is 129 Å². The van der Waals surface area contributed by atoms with E-state index in [-0.39, 0.29) is 11.8 Å². The minimum atomic E-state index is -0.877. The van der Waals surface area contributed by atoms with E-state index >= 15 is 0 Å². The summed E-state index contributed by atoms with van der Waals surface area (Å²) in [6.07, 6.45) is 0.319. The highest BCUT2D eigenvalue weighted by atomic mass is 35.5. The third-order valence-electron chi connectivity index (χ3n) is 3.37. The van der Waals surface area contributed by atoms with Crippen molar-refractivity contribution in [1.29, 1.82) is 0 Å². The molecule has 0 fully saturated rings. The third kappa shape index (κ3) is 4.02. The van der Waals surface area contributed by atoms with Gasteiger partial charge in [0.2, 0.25) is 0 Å². The lowest BCUT2D eigenvalue weighted by Crippen LogP contribution is -2.26. The molecule has 0 aliphatic carbocycles. The van der Waals surface area contributed by atoms with Crippen LogP contribution in [0.5, 0.6) is 11.5 Å². The van der Waals surface area contributed by atoms with Gasteiger partial charge in [-0.2, -0.15) is 0 Å². The molecule has 116 valence electrons. The largest absolute Gasteiger partial charge is 0.489 e. The normalized spacial score (nSPS) is 17.9. The van der Waals surface area contributed by atoms with Gasteiger partial charge in [-0.15, -0.1) is 0 Å². The first-order valence-corrected chi connectivity index (χ1v) is 7.23. The van der Waals surface area contributed by atoms with Crippen LogP contribution in [0.3, 0.4) is 0 Å². The Balaban J connectivity index is 2.22. The van der Waals surface area contributed by atoms with Crippen molar-refractivity contribution in [3.8, 4) is 11.5 Å². The number of ether oxygens (including phenoxy) is 2. The molecule has 0 aromatic heterocycles. The second-order valence-electron chi connectivity index (χ2n) is 6.10. The number of nitrogens with two attached hydrogens (primary N) is 1. The first-order chi connectivity index (χ1) is 9.78. The average molecular weight is 314 g/mol. The van der Waals surface area contributed by atoms with Crippen molar-refractivity contribution < 1.29 is 19.4 Å². The maximum Gasteiger partial charge on any atom is 0.303 e. The molecule has 1 aromatic rings. The van der Waals surface area contributed by atoms with Crippen LogP contribution in [0.2, 0.25) is 5.02 Å². The molecule has 0 amide bonds. The molecule has 6 heteroatoms. The Morgan fingerprint density at radius 2 is 1.95 bits per heavy atom. The quantitative estimate of drug-likeness (QED) is 0.893. The lowest BCUT2D eigenvalue weighted by atomic mass is 9.97. The number of benzene rings is 1. The molecule has 1 aliphatic rings. The van der Waals surface area contributed by atoms with E-state index in [1.807, 2.05) is 0 Å². The molecule has 1 unspecified atom stereocenters. The smallest absolute Gasteiger partial charge is 0.303 e. The van der Waals surface area contributed by atoms with E-state index < -0.39 is 12.0 Å². The van der Waals surface area contributed by atoms with Crippen LogP contribution in [0.4, 0.5) is 0 Å². The van der Waals surface area contributed by atoms with Gasteiger partial charge < -0.3 is 20.3 Å². The lowest BCUT2D eigenvalue weighted by molar-refractivity contribution is -0.137. The fourth-order valence-corrected chi connectivity index (χ4v) is 2.38. The van der Waals surface area contributed by atoms with Crippen LogP contribution >= 0.6 is 11.6 Å². The SMILES string of the molecule is CC1(C)COc2cc(Cl)c(C(N)CCC(=O)O)cc2OC1. The zero-order valence-corrected chi connectivity index (χ0v) is 12.9. The Hall–Kier alpha value is -1.46. The van der Waals surface area contributed by atoms with Crippen LogP contribution in [0.15, 0.2) is 12.1 Å². The third-order valence-corrected chi connectivity index (χ3v) is 3.70. The summed E-state index contributed by atoms with van der Waals surface area (Å²) in [5, 5.41) is 9.20. The topological polar surface area (TPSA) is 81.8 Å². The summed E-state index contributed by atoms with van der Waals surface area (Å²) in [7, 11) is 0. The van der Waals surface area contributed by atoms with Crippen LogP contribution in [0.25, 0.3) is 0 Å². The van der Waals surface area contributed by atoms with Gasteiger partial charge in [0, 0.05) is 29.0 Å². The second kappa shape index (κ2) is 6.12. The van der Waals surface area contributed by atoms with Crippen LogP contribution in [-0.4, -0.2) is 24.3 Å². The maximum absolute atomic E-state index is 10.6. The number of hydrogen-bond donors (Lipinski definition) is 2. The minimum absolute atomic E-state index is 0.00102. The number of carboxylic acid groups (broad SMARTS) is 1. The number of aliphatic carboxylic acids is 1. The van der Waals surface area contributed by atoms with E-state index in [9.17, 15) is 4.79 Å². The van der Waals surface area contributed by atoms with E-state index in [1.165, 1.54) is 0 Å². The van der Waals surface area contributed by atoms with Gasteiger partial charge >= 0.3 is 5.97 Å². The average Bonchev–Trinajstić information content (AvgIpc) is 2.54. The summed E-state index contributed by atoms with van der Waals surface area (Å²) in [5.41, 5.74) is 6.62. The zero-order chi connectivity index (χ0) is 15.6. The summed E-state index contributed by atoms with van der Waals surface area (Å²) < 4.78 is 11.5. The molecule has 3 N–H and O–H groups in total. The summed E-state index contributed by atoms with van der Waals surface area (Å²) in [6.45, 7) is 5.19. The van der Waals surface area contributed by atoms with Crippen molar-refractivity contribution >= 4 is 17.6 Å². The Morgan fingerprint density at radius 3 is 2.52 bits per heavy atom. The second-order valence-corrected chi connectivity index (χ2v) is 6.51. The van der Waals surface area contributed by atoms with E-state index in [0.717, 1.165) is 0 Å². The van der Waals surface area contributed by atoms with Gasteiger partial charge in [0.1, 0.15) is 0 Å². The molecule has 0 radical (unpaired) electrons. The fraction of sp³-hybridized carbons (Fsp3) is 0.533. The molecule has 1 aliphatic heterocycles. The van der Waals surface area contributed by atoms with E-state index in [1.54, 1.807) is 12.1 Å². The first kappa shape index (κ1) is 15.9. The van der Waals surface area contributed by atoms with Crippen LogP contribution in [0.1, 0.15) is 38.3 Å². The number of fused-ring (bicyclic) bond motifs is 1. The predicted molar refractivity (Wildman–Crippen MR) is 80.0 cm³/mol. The number of halogens is 1. The molecule has 1 aromatic carbocycles. The van der Waals surface area contributed by atoms with Crippen molar-refractivity contribution in [3.63, 3.8) is 0 Å². The molecule has 1 heterocycles. The highest BCUT2D eigenvalue weighted by molar-refractivity contribution is 6.31. The van der Waals surface area contributed by atoms with Crippen LogP contribution in [0, 0.1) is 5.41 Å².